The maximum Gasteiger partial charge on any atom is 0.433 e. The Morgan fingerprint density at radius 1 is 1.26 bits per heavy atom. The Bertz CT molecular complexity index is 1410. The van der Waals surface area contributed by atoms with Gasteiger partial charge in [-0.05, 0) is 29.1 Å². The zero-order valence-corrected chi connectivity index (χ0v) is 18.5. The van der Waals surface area contributed by atoms with Crippen molar-refractivity contribution >= 4 is 34.5 Å². The maximum atomic E-state index is 13.9. The van der Waals surface area contributed by atoms with Crippen LogP contribution in [0.4, 0.5) is 23.2 Å². The standard InChI is InChI=1S/C22H12ClF4N5OS/c23-18-12(2-1-3-17(18)24)10-32-20(22(25,26)27)16(9-30-32)21(33)31-15-6-14(7-28)19(29-8-15)13-4-5-34-11-13/h1-6,8-9,11H,10H2,(H,31,33). The summed E-state index contributed by atoms with van der Waals surface area (Å²) in [4.78, 5) is 16.9. The maximum absolute atomic E-state index is 13.9. The minimum atomic E-state index is -4.94. The average molecular weight is 506 g/mol. The summed E-state index contributed by atoms with van der Waals surface area (Å²) in [6, 6.07) is 8.79. The summed E-state index contributed by atoms with van der Waals surface area (Å²) < 4.78 is 55.8. The smallest absolute Gasteiger partial charge is 0.320 e. The molecular formula is C22H12ClF4N5OS. The van der Waals surface area contributed by atoms with E-state index in [2.05, 4.69) is 15.4 Å². The van der Waals surface area contributed by atoms with Crippen LogP contribution in [0, 0.1) is 17.1 Å². The molecule has 6 nitrogen and oxygen atoms in total. The zero-order chi connectivity index (χ0) is 24.5. The van der Waals surface area contributed by atoms with Gasteiger partial charge in [-0.3, -0.25) is 14.5 Å². The fourth-order valence-corrected chi connectivity index (χ4v) is 4.07. The normalized spacial score (nSPS) is 11.3. The van der Waals surface area contributed by atoms with Gasteiger partial charge >= 0.3 is 6.18 Å². The van der Waals surface area contributed by atoms with Crippen LogP contribution >= 0.6 is 22.9 Å². The van der Waals surface area contributed by atoms with E-state index in [0.29, 0.717) is 15.9 Å². The number of carbonyl (C=O) groups is 1. The van der Waals surface area contributed by atoms with Crippen molar-refractivity contribution in [2.45, 2.75) is 12.7 Å². The van der Waals surface area contributed by atoms with Crippen molar-refractivity contribution in [3.8, 4) is 17.3 Å². The van der Waals surface area contributed by atoms with Gasteiger partial charge in [0.25, 0.3) is 5.91 Å². The highest BCUT2D eigenvalue weighted by atomic mass is 35.5. The van der Waals surface area contributed by atoms with Crippen LogP contribution in [0.3, 0.4) is 0 Å². The van der Waals surface area contributed by atoms with E-state index in [1.165, 1.54) is 35.7 Å². The van der Waals surface area contributed by atoms with Gasteiger partial charge in [0.15, 0.2) is 5.69 Å². The summed E-state index contributed by atoms with van der Waals surface area (Å²) in [5.74, 6) is -1.89. The van der Waals surface area contributed by atoms with E-state index in [9.17, 15) is 27.6 Å². The van der Waals surface area contributed by atoms with Crippen LogP contribution in [0.1, 0.15) is 27.2 Å². The molecule has 34 heavy (non-hydrogen) atoms. The molecule has 0 bridgehead atoms. The number of nitrogens with zero attached hydrogens (tertiary/aromatic N) is 4. The summed E-state index contributed by atoms with van der Waals surface area (Å²) in [6.07, 6.45) is -2.93. The van der Waals surface area contributed by atoms with Crippen molar-refractivity contribution < 1.29 is 22.4 Å². The summed E-state index contributed by atoms with van der Waals surface area (Å²) in [6.45, 7) is -0.506. The second kappa shape index (κ2) is 9.24. The van der Waals surface area contributed by atoms with Gasteiger partial charge in [-0.2, -0.15) is 34.9 Å². The molecule has 0 unspecified atom stereocenters. The number of benzene rings is 1. The highest BCUT2D eigenvalue weighted by Gasteiger charge is 2.40. The van der Waals surface area contributed by atoms with Crippen LogP contribution in [0.15, 0.2) is 53.5 Å². The molecule has 0 spiro atoms. The number of alkyl halides is 3. The topological polar surface area (TPSA) is 83.6 Å². The van der Waals surface area contributed by atoms with Crippen molar-refractivity contribution in [1.29, 1.82) is 5.26 Å². The Labute approximate surface area is 199 Å². The third kappa shape index (κ3) is 4.64. The lowest BCUT2D eigenvalue weighted by Gasteiger charge is -2.14. The molecule has 0 saturated heterocycles. The van der Waals surface area contributed by atoms with Gasteiger partial charge in [0.05, 0.1) is 46.5 Å². The van der Waals surface area contributed by atoms with Crippen molar-refractivity contribution in [2.24, 2.45) is 0 Å². The fraction of sp³-hybridized carbons (Fsp3) is 0.0909. The second-order valence-corrected chi connectivity index (χ2v) is 8.13. The van der Waals surface area contributed by atoms with Crippen molar-refractivity contribution in [2.75, 3.05) is 5.32 Å². The first-order chi connectivity index (χ1) is 16.2. The predicted octanol–water partition coefficient (Wildman–Crippen LogP) is 5.99. The van der Waals surface area contributed by atoms with E-state index in [4.69, 9.17) is 11.6 Å². The first kappa shape index (κ1) is 23.4. The molecule has 0 aliphatic heterocycles. The Morgan fingerprint density at radius 3 is 2.74 bits per heavy atom. The van der Waals surface area contributed by atoms with Crippen molar-refractivity contribution in [1.82, 2.24) is 14.8 Å². The number of rotatable bonds is 5. The van der Waals surface area contributed by atoms with Crippen LogP contribution in [-0.2, 0) is 12.7 Å². The van der Waals surface area contributed by atoms with E-state index < -0.39 is 35.7 Å². The van der Waals surface area contributed by atoms with Crippen LogP contribution < -0.4 is 5.32 Å². The first-order valence-electron chi connectivity index (χ1n) is 9.49. The number of amides is 1. The van der Waals surface area contributed by atoms with Gasteiger partial charge in [-0.1, -0.05) is 23.7 Å². The molecule has 0 saturated carbocycles. The Kier molecular flexibility index (Phi) is 6.37. The molecule has 1 amide bonds. The number of carbonyl (C=O) groups excluding carboxylic acids is 1. The number of aromatic nitrogens is 3. The number of thiophene rings is 1. The van der Waals surface area contributed by atoms with Crippen molar-refractivity contribution in [3.05, 3.63) is 86.7 Å². The molecule has 172 valence electrons. The Balaban J connectivity index is 1.65. The largest absolute Gasteiger partial charge is 0.433 e. The number of nitriles is 1. The molecular weight excluding hydrogens is 494 g/mol. The van der Waals surface area contributed by atoms with Crippen molar-refractivity contribution in [3.63, 3.8) is 0 Å². The average Bonchev–Trinajstić information content (AvgIpc) is 3.47. The van der Waals surface area contributed by atoms with Gasteiger partial charge in [0.1, 0.15) is 11.9 Å². The van der Waals surface area contributed by atoms with E-state index in [1.807, 2.05) is 6.07 Å². The minimum Gasteiger partial charge on any atom is -0.320 e. The fourth-order valence-electron chi connectivity index (χ4n) is 3.25. The Morgan fingerprint density at radius 2 is 2.06 bits per heavy atom. The zero-order valence-electron chi connectivity index (χ0n) is 16.9. The monoisotopic (exact) mass is 505 g/mol. The number of hydrogen-bond donors (Lipinski definition) is 1. The molecule has 0 aliphatic rings. The summed E-state index contributed by atoms with van der Waals surface area (Å²) in [5, 5.41) is 18.7. The van der Waals surface area contributed by atoms with Crippen LogP contribution in [-0.4, -0.2) is 20.7 Å². The molecule has 0 fully saturated rings. The third-order valence-corrected chi connectivity index (χ3v) is 5.87. The van der Waals surface area contributed by atoms with E-state index in [0.717, 1.165) is 12.3 Å². The number of nitrogens with one attached hydrogen (secondary N) is 1. The lowest BCUT2D eigenvalue weighted by atomic mass is 10.1. The van der Waals surface area contributed by atoms with E-state index >= 15 is 0 Å². The van der Waals surface area contributed by atoms with Gasteiger partial charge in [-0.25, -0.2) is 4.39 Å². The lowest BCUT2D eigenvalue weighted by molar-refractivity contribution is -0.144. The number of hydrogen-bond acceptors (Lipinski definition) is 5. The number of pyridine rings is 1. The third-order valence-electron chi connectivity index (χ3n) is 4.76. The molecule has 4 rings (SSSR count). The molecule has 1 N–H and O–H groups in total. The second-order valence-electron chi connectivity index (χ2n) is 6.97. The van der Waals surface area contributed by atoms with Gasteiger partial charge in [0.2, 0.25) is 0 Å². The van der Waals surface area contributed by atoms with Crippen LogP contribution in [0.2, 0.25) is 5.02 Å². The minimum absolute atomic E-state index is 0.0366. The summed E-state index contributed by atoms with van der Waals surface area (Å²) in [5.41, 5.74) is -0.741. The molecule has 3 heterocycles. The molecule has 1 aromatic carbocycles. The highest BCUT2D eigenvalue weighted by molar-refractivity contribution is 7.08. The summed E-state index contributed by atoms with van der Waals surface area (Å²) >= 11 is 7.27. The van der Waals surface area contributed by atoms with E-state index in [1.54, 1.807) is 16.8 Å². The van der Waals surface area contributed by atoms with Gasteiger partial charge in [0, 0.05) is 10.9 Å². The molecule has 0 aliphatic carbocycles. The van der Waals surface area contributed by atoms with Crippen LogP contribution in [0.25, 0.3) is 11.3 Å². The van der Waals surface area contributed by atoms with E-state index in [-0.39, 0.29) is 21.8 Å². The molecule has 0 radical (unpaired) electrons. The van der Waals surface area contributed by atoms with Gasteiger partial charge in [-0.15, -0.1) is 0 Å². The Hall–Kier alpha value is -3.75. The summed E-state index contributed by atoms with van der Waals surface area (Å²) in [7, 11) is 0. The molecule has 4 aromatic rings. The molecule has 12 heteroatoms. The number of anilines is 1. The molecule has 0 atom stereocenters. The quantitative estimate of drug-likeness (QED) is 0.338. The molecule has 3 aromatic heterocycles. The van der Waals surface area contributed by atoms with Gasteiger partial charge < -0.3 is 5.32 Å². The first-order valence-corrected chi connectivity index (χ1v) is 10.8. The lowest BCUT2D eigenvalue weighted by Crippen LogP contribution is -2.22. The number of halogens is 5. The highest BCUT2D eigenvalue weighted by Crippen LogP contribution is 2.34. The van der Waals surface area contributed by atoms with Crippen LogP contribution in [0.5, 0.6) is 0 Å². The SMILES string of the molecule is N#Cc1cc(NC(=O)c2cnn(Cc3cccc(F)c3Cl)c2C(F)(F)F)cnc1-c1ccsc1. The predicted molar refractivity (Wildman–Crippen MR) is 118 cm³/mol.